The van der Waals surface area contributed by atoms with Gasteiger partial charge < -0.3 is 16.0 Å². The molecule has 3 rings (SSSR count). The van der Waals surface area contributed by atoms with Crippen LogP contribution in [0.2, 0.25) is 0 Å². The number of hydrogen-bond acceptors (Lipinski definition) is 4. The topological polar surface area (TPSA) is 114 Å². The molecule has 4 N–H and O–H groups in total. The Hall–Kier alpha value is -3.29. The number of nitrogens with zero attached hydrogens (tertiary/aromatic N) is 2. The van der Waals surface area contributed by atoms with Crippen molar-refractivity contribution in [1.82, 2.24) is 20.3 Å². The highest BCUT2D eigenvalue weighted by Gasteiger charge is 2.11. The summed E-state index contributed by atoms with van der Waals surface area (Å²) in [6.07, 6.45) is 4.51. The van der Waals surface area contributed by atoms with Crippen molar-refractivity contribution in [1.29, 1.82) is 0 Å². The Morgan fingerprint density at radius 3 is 2.67 bits per heavy atom. The van der Waals surface area contributed by atoms with E-state index < -0.39 is 11.8 Å². The van der Waals surface area contributed by atoms with E-state index in [2.05, 4.69) is 20.3 Å². The van der Waals surface area contributed by atoms with Crippen molar-refractivity contribution in [3.8, 4) is 0 Å². The van der Waals surface area contributed by atoms with Crippen LogP contribution in [0.3, 0.4) is 0 Å². The maximum absolute atomic E-state index is 13.9. The zero-order valence-electron chi connectivity index (χ0n) is 12.5. The van der Waals surface area contributed by atoms with Gasteiger partial charge in [-0.15, -0.1) is 0 Å². The van der Waals surface area contributed by atoms with Crippen LogP contribution in [0.4, 0.5) is 4.39 Å². The minimum absolute atomic E-state index is 0.0131. The van der Waals surface area contributed by atoms with Crippen molar-refractivity contribution < 1.29 is 14.0 Å². The number of amides is 2. The molecule has 0 aliphatic carbocycles. The zero-order chi connectivity index (χ0) is 17.1. The summed E-state index contributed by atoms with van der Waals surface area (Å²) in [5, 5.41) is 3.20. The van der Waals surface area contributed by atoms with Gasteiger partial charge in [0.2, 0.25) is 0 Å². The number of carbonyl (C=O) groups is 2. The lowest BCUT2D eigenvalue weighted by molar-refractivity contribution is 0.0944. The fraction of sp³-hybridized carbons (Fsp3) is 0.125. The molecule has 0 saturated carbocycles. The molecule has 0 aliphatic heterocycles. The lowest BCUT2D eigenvalue weighted by atomic mass is 10.1. The standard InChI is InChI=1S/C16H14FN5O2/c17-10-2-1-3-11-14(10)9(6-20-11)4-5-19-16(24)13-8-21-12(7-22-13)15(18)23/h1-3,6-8,20H,4-5H2,(H2,18,23)(H,19,24). The van der Waals surface area contributed by atoms with Gasteiger partial charge in [0.1, 0.15) is 17.2 Å². The molecular weight excluding hydrogens is 313 g/mol. The number of rotatable bonds is 5. The van der Waals surface area contributed by atoms with Crippen LogP contribution >= 0.6 is 0 Å². The molecule has 122 valence electrons. The number of fused-ring (bicyclic) bond motifs is 1. The molecule has 0 saturated heterocycles. The molecule has 8 heteroatoms. The third-order valence-corrected chi connectivity index (χ3v) is 3.55. The van der Waals surface area contributed by atoms with Crippen molar-refractivity contribution in [2.24, 2.45) is 5.73 Å². The van der Waals surface area contributed by atoms with Crippen LogP contribution in [0.5, 0.6) is 0 Å². The molecule has 0 spiro atoms. The van der Waals surface area contributed by atoms with Gasteiger partial charge in [0.25, 0.3) is 11.8 Å². The highest BCUT2D eigenvalue weighted by molar-refractivity contribution is 5.93. The second kappa shape index (κ2) is 6.45. The van der Waals surface area contributed by atoms with Gasteiger partial charge in [0.05, 0.1) is 12.4 Å². The molecule has 1 aromatic carbocycles. The smallest absolute Gasteiger partial charge is 0.271 e. The molecule has 7 nitrogen and oxygen atoms in total. The van der Waals surface area contributed by atoms with E-state index in [1.54, 1.807) is 18.3 Å². The van der Waals surface area contributed by atoms with Gasteiger partial charge >= 0.3 is 0 Å². The van der Waals surface area contributed by atoms with Crippen LogP contribution in [0.1, 0.15) is 26.5 Å². The Morgan fingerprint density at radius 1 is 1.21 bits per heavy atom. The molecule has 2 aromatic heterocycles. The molecule has 24 heavy (non-hydrogen) atoms. The van der Waals surface area contributed by atoms with Gasteiger partial charge in [-0.2, -0.15) is 0 Å². The number of aromatic nitrogens is 3. The monoisotopic (exact) mass is 327 g/mol. The summed E-state index contributed by atoms with van der Waals surface area (Å²) in [4.78, 5) is 33.5. The summed E-state index contributed by atoms with van der Waals surface area (Å²) in [7, 11) is 0. The number of nitrogens with two attached hydrogens (primary N) is 1. The highest BCUT2D eigenvalue weighted by Crippen LogP contribution is 2.21. The number of primary amides is 1. The maximum atomic E-state index is 13.9. The lowest BCUT2D eigenvalue weighted by Gasteiger charge is -2.04. The number of nitrogens with one attached hydrogen (secondary N) is 2. The summed E-state index contributed by atoms with van der Waals surface area (Å²) in [6.45, 7) is 0.305. The third kappa shape index (κ3) is 3.07. The molecule has 3 aromatic rings. The van der Waals surface area contributed by atoms with Crippen LogP contribution in [-0.4, -0.2) is 33.3 Å². The Labute approximate surface area is 136 Å². The number of H-pyrrole nitrogens is 1. The van der Waals surface area contributed by atoms with E-state index in [4.69, 9.17) is 5.73 Å². The van der Waals surface area contributed by atoms with Crippen LogP contribution < -0.4 is 11.1 Å². The Balaban J connectivity index is 1.63. The van der Waals surface area contributed by atoms with E-state index in [0.717, 1.165) is 11.8 Å². The van der Waals surface area contributed by atoms with Crippen molar-refractivity contribution >= 4 is 22.7 Å². The van der Waals surface area contributed by atoms with Gasteiger partial charge in [0, 0.05) is 23.6 Å². The SMILES string of the molecule is NC(=O)c1cnc(C(=O)NCCc2c[nH]c3cccc(F)c23)cn1. The van der Waals surface area contributed by atoms with Crippen molar-refractivity contribution in [2.45, 2.75) is 6.42 Å². The predicted octanol–water partition coefficient (Wildman–Crippen LogP) is 1.17. The highest BCUT2D eigenvalue weighted by atomic mass is 19.1. The van der Waals surface area contributed by atoms with Crippen molar-refractivity contribution in [2.75, 3.05) is 6.54 Å². The molecule has 2 amide bonds. The number of hydrogen-bond donors (Lipinski definition) is 3. The normalized spacial score (nSPS) is 10.7. The average molecular weight is 327 g/mol. The molecule has 0 bridgehead atoms. The third-order valence-electron chi connectivity index (χ3n) is 3.55. The molecule has 2 heterocycles. The Bertz CT molecular complexity index is 904. The number of halogens is 1. The molecular formula is C16H14FN5O2. The minimum Gasteiger partial charge on any atom is -0.364 e. The minimum atomic E-state index is -0.712. The largest absolute Gasteiger partial charge is 0.364 e. The molecule has 0 atom stereocenters. The van der Waals surface area contributed by atoms with Gasteiger partial charge in [-0.25, -0.2) is 14.4 Å². The average Bonchev–Trinajstić information content (AvgIpc) is 2.99. The molecule has 0 radical (unpaired) electrons. The lowest BCUT2D eigenvalue weighted by Crippen LogP contribution is -2.27. The van der Waals surface area contributed by atoms with E-state index in [1.807, 2.05) is 0 Å². The van der Waals surface area contributed by atoms with Crippen LogP contribution in [0, 0.1) is 5.82 Å². The molecule has 0 fully saturated rings. The zero-order valence-corrected chi connectivity index (χ0v) is 12.5. The van der Waals surface area contributed by atoms with E-state index in [-0.39, 0.29) is 17.2 Å². The second-order valence-corrected chi connectivity index (χ2v) is 5.13. The predicted molar refractivity (Wildman–Crippen MR) is 84.8 cm³/mol. The fourth-order valence-corrected chi connectivity index (χ4v) is 2.38. The van der Waals surface area contributed by atoms with E-state index in [0.29, 0.717) is 23.9 Å². The van der Waals surface area contributed by atoms with Gasteiger partial charge in [-0.05, 0) is 24.1 Å². The first-order chi connectivity index (χ1) is 11.6. The van der Waals surface area contributed by atoms with Gasteiger partial charge in [-0.3, -0.25) is 9.59 Å². The number of benzene rings is 1. The second-order valence-electron chi connectivity index (χ2n) is 5.13. The summed E-state index contributed by atoms with van der Waals surface area (Å²) in [5.74, 6) is -1.45. The first kappa shape index (κ1) is 15.6. The van der Waals surface area contributed by atoms with Gasteiger partial charge in [-0.1, -0.05) is 6.07 Å². The van der Waals surface area contributed by atoms with Gasteiger partial charge in [0.15, 0.2) is 0 Å². The van der Waals surface area contributed by atoms with E-state index in [9.17, 15) is 14.0 Å². The van der Waals surface area contributed by atoms with E-state index >= 15 is 0 Å². The van der Waals surface area contributed by atoms with E-state index in [1.165, 1.54) is 12.3 Å². The molecule has 0 aliphatic rings. The number of aromatic amines is 1. The summed E-state index contributed by atoms with van der Waals surface area (Å²) < 4.78 is 13.9. The van der Waals surface area contributed by atoms with Crippen LogP contribution in [-0.2, 0) is 6.42 Å². The quantitative estimate of drug-likeness (QED) is 0.652. The van der Waals surface area contributed by atoms with Crippen LogP contribution in [0.25, 0.3) is 10.9 Å². The summed E-state index contributed by atoms with van der Waals surface area (Å²) in [5.41, 5.74) is 6.61. The summed E-state index contributed by atoms with van der Waals surface area (Å²) >= 11 is 0. The number of carbonyl (C=O) groups excluding carboxylic acids is 2. The Morgan fingerprint density at radius 2 is 1.96 bits per heavy atom. The summed E-state index contributed by atoms with van der Waals surface area (Å²) in [6, 6.07) is 4.82. The maximum Gasteiger partial charge on any atom is 0.271 e. The first-order valence-electron chi connectivity index (χ1n) is 7.21. The Kier molecular flexibility index (Phi) is 4.19. The molecule has 0 unspecified atom stereocenters. The fourth-order valence-electron chi connectivity index (χ4n) is 2.38. The van der Waals surface area contributed by atoms with Crippen molar-refractivity contribution in [3.63, 3.8) is 0 Å². The first-order valence-corrected chi connectivity index (χ1v) is 7.21. The van der Waals surface area contributed by atoms with Crippen LogP contribution in [0.15, 0.2) is 36.8 Å². The van der Waals surface area contributed by atoms with Crippen molar-refractivity contribution in [3.05, 3.63) is 59.6 Å².